The number of hydrogen-bond donors (Lipinski definition) is 0. The van der Waals surface area contributed by atoms with Crippen LogP contribution in [-0.2, 0) is 9.08 Å². The molecule has 0 radical (unpaired) electrons. The van der Waals surface area contributed by atoms with Gasteiger partial charge in [-0.25, -0.2) is 4.79 Å². The first-order valence-electron chi connectivity index (χ1n) is 1.18. The summed E-state index contributed by atoms with van der Waals surface area (Å²) in [4.78, 5) is 9.69. The number of alkyl halides is 1. The minimum Gasteiger partial charge on any atom is -1.00 e. The molecule has 7 heavy (non-hydrogen) atoms. The van der Waals surface area contributed by atoms with Gasteiger partial charge in [0.1, 0.15) is 17.7 Å². The molecule has 2 nitrogen and oxygen atoms in total. The molecule has 0 fully saturated rings. The maximum atomic E-state index is 9.69. The van der Waals surface area contributed by atoms with Gasteiger partial charge in [-0.15, -0.1) is 11.6 Å². The molecule has 0 aromatic carbocycles. The summed E-state index contributed by atoms with van der Waals surface area (Å²) in [6, 6.07) is 0. The molecule has 5 heteroatoms. The van der Waals surface area contributed by atoms with Crippen molar-refractivity contribution < 1.29 is 11.9 Å². The fourth-order valence-electron chi connectivity index (χ4n) is 0.0206. The number of carbonyl (C=O) groups excluding carboxylic acids is 1. The molecule has 0 atom stereocenters. The Balaban J connectivity index is -0.0000000417. The van der Waals surface area contributed by atoms with Gasteiger partial charge < -0.3 is 7.14 Å². The molecular weight excluding hydrogens is 167 g/mol. The van der Waals surface area contributed by atoms with Crippen molar-refractivity contribution >= 4 is 67.2 Å². The van der Waals surface area contributed by atoms with E-state index in [1.165, 1.54) is 0 Å². The molecule has 0 aliphatic rings. The van der Waals surface area contributed by atoms with E-state index in [-0.39, 0.29) is 46.5 Å². The average Bonchev–Trinajstić information content (AvgIpc) is 1.65. The second kappa shape index (κ2) is 7.31. The minimum atomic E-state index is -0.627. The monoisotopic (exact) mass is 170 g/mol. The van der Waals surface area contributed by atoms with Crippen molar-refractivity contribution in [2.24, 2.45) is 0 Å². The van der Waals surface area contributed by atoms with E-state index in [9.17, 15) is 4.79 Å². The van der Waals surface area contributed by atoms with Crippen molar-refractivity contribution in [1.29, 1.82) is 0 Å². The van der Waals surface area contributed by atoms with Crippen molar-refractivity contribution in [2.45, 2.75) is 0 Å². The molecule has 0 N–H and O–H groups in total. The Morgan fingerprint density at radius 1 is 1.86 bits per heavy atom. The van der Waals surface area contributed by atoms with Crippen molar-refractivity contribution in [3.05, 3.63) is 0 Å². The van der Waals surface area contributed by atoms with E-state index in [0.29, 0.717) is 0 Å². The van der Waals surface area contributed by atoms with E-state index in [2.05, 4.69) is 16.2 Å². The molecule has 0 amide bonds. The van der Waals surface area contributed by atoms with Crippen LogP contribution >= 0.6 is 23.5 Å². The summed E-state index contributed by atoms with van der Waals surface area (Å²) >= 11 is 9.41. The second-order valence-corrected chi connectivity index (χ2v) is 1.00. The minimum absolute atomic E-state index is 0. The van der Waals surface area contributed by atoms with Gasteiger partial charge in [0, 0.05) is 0 Å². The summed E-state index contributed by atoms with van der Waals surface area (Å²) < 4.78 is 3.60. The predicted molar refractivity (Wildman–Crippen MR) is 30.6 cm³/mol. The number of carbonyl (C=O) groups is 1. The molecule has 0 saturated carbocycles. The van der Waals surface area contributed by atoms with E-state index in [1.807, 2.05) is 0 Å². The Morgan fingerprint density at radius 2 is 2.29 bits per heavy atom. The third-order valence-electron chi connectivity index (χ3n) is 0.195. The number of hydrogen-bond acceptors (Lipinski definition) is 2. The second-order valence-electron chi connectivity index (χ2n) is 0.583. The van der Waals surface area contributed by atoms with Crippen molar-refractivity contribution in [3.63, 3.8) is 0 Å². The van der Waals surface area contributed by atoms with Crippen molar-refractivity contribution in [3.8, 4) is 0 Å². The zero-order valence-corrected chi connectivity index (χ0v) is 7.21. The Kier molecular flexibility index (Phi) is 11.6. The van der Waals surface area contributed by atoms with Crippen LogP contribution in [0.4, 0.5) is 0 Å². The largest absolute Gasteiger partial charge is 2.00 e. The summed E-state index contributed by atoms with van der Waals surface area (Å²) in [5.41, 5.74) is 0. The maximum absolute atomic E-state index is 9.69. The molecule has 0 bridgehead atoms. The van der Waals surface area contributed by atoms with E-state index < -0.39 is 5.97 Å². The summed E-state index contributed by atoms with van der Waals surface area (Å²) in [5.74, 6) is -0.818. The zero-order chi connectivity index (χ0) is 4.99. The van der Waals surface area contributed by atoms with Gasteiger partial charge in [0.05, 0.1) is 0 Å². The molecule has 0 unspecified atom stereocenters. The predicted octanol–water partition coefficient (Wildman–Crippen LogP) is 0.766. The van der Waals surface area contributed by atoms with Crippen LogP contribution in [0.3, 0.4) is 0 Å². The first kappa shape index (κ1) is 11.2. The van der Waals surface area contributed by atoms with Crippen LogP contribution in [0.2, 0.25) is 0 Å². The summed E-state index contributed by atoms with van der Waals surface area (Å²) in [6.07, 6.45) is 0. The third kappa shape index (κ3) is 7.31. The summed E-state index contributed by atoms with van der Waals surface area (Å²) in [6.45, 7) is 0. The summed E-state index contributed by atoms with van der Waals surface area (Å²) in [5, 5.41) is 0. The smallest absolute Gasteiger partial charge is 1.00 e. The van der Waals surface area contributed by atoms with Crippen molar-refractivity contribution in [2.75, 3.05) is 5.88 Å². The SMILES string of the molecule is O=C(CCl)OCl.[Ca+2].[H-].[H-]. The van der Waals surface area contributed by atoms with Gasteiger partial charge in [-0.3, -0.25) is 0 Å². The van der Waals surface area contributed by atoms with Gasteiger partial charge in [0.15, 0.2) is 0 Å². The number of halogens is 2. The topological polar surface area (TPSA) is 26.3 Å². The van der Waals surface area contributed by atoms with E-state index >= 15 is 0 Å². The van der Waals surface area contributed by atoms with E-state index in [4.69, 9.17) is 11.6 Å². The van der Waals surface area contributed by atoms with Gasteiger partial charge in [-0.1, -0.05) is 0 Å². The maximum Gasteiger partial charge on any atom is 2.00 e. The molecule has 0 spiro atoms. The fraction of sp³-hybridized carbons (Fsp3) is 0.500. The van der Waals surface area contributed by atoms with Crippen LogP contribution < -0.4 is 0 Å². The first-order valence-corrected chi connectivity index (χ1v) is 2.03. The standard InChI is InChI=1S/C2H2Cl2O2.Ca.2H/c3-1-2(5)6-4;;;/h1H2;;;/q;+2;2*-1. The molecule has 0 heterocycles. The van der Waals surface area contributed by atoms with Gasteiger partial charge in [-0.05, 0) is 0 Å². The zero-order valence-electron chi connectivity index (χ0n) is 5.49. The molecule has 0 aliphatic heterocycles. The van der Waals surface area contributed by atoms with Crippen molar-refractivity contribution in [1.82, 2.24) is 0 Å². The molecule has 0 aromatic rings. The van der Waals surface area contributed by atoms with Crippen LogP contribution in [0.15, 0.2) is 0 Å². The van der Waals surface area contributed by atoms with Crippen LogP contribution in [0, 0.1) is 0 Å². The molecule has 0 aliphatic carbocycles. The summed E-state index contributed by atoms with van der Waals surface area (Å²) in [7, 11) is 0. The Labute approximate surface area is 84.2 Å². The molecule has 0 aromatic heterocycles. The third-order valence-corrected chi connectivity index (χ3v) is 0.585. The van der Waals surface area contributed by atoms with Gasteiger partial charge >= 0.3 is 43.7 Å². The Bertz CT molecular complexity index is 58.5. The molecule has 0 rings (SSSR count). The van der Waals surface area contributed by atoms with Gasteiger partial charge in [-0.2, -0.15) is 0 Å². The number of rotatable bonds is 1. The normalized spacial score (nSPS) is 6.57. The average molecular weight is 171 g/mol. The van der Waals surface area contributed by atoms with Crippen LogP contribution in [-0.4, -0.2) is 49.6 Å². The molecular formula is C2H4CaCl2O2. The first-order chi connectivity index (χ1) is 2.81. The molecule has 40 valence electrons. The molecule has 0 saturated heterocycles. The van der Waals surface area contributed by atoms with Crippen LogP contribution in [0.5, 0.6) is 0 Å². The van der Waals surface area contributed by atoms with E-state index in [0.717, 1.165) is 0 Å². The Morgan fingerprint density at radius 3 is 2.29 bits per heavy atom. The quantitative estimate of drug-likeness (QED) is 0.430. The van der Waals surface area contributed by atoms with E-state index in [1.54, 1.807) is 0 Å². The van der Waals surface area contributed by atoms with Crippen LogP contribution in [0.25, 0.3) is 0 Å². The fourth-order valence-corrected chi connectivity index (χ4v) is 0.186. The Hall–Kier alpha value is 1.31. The van der Waals surface area contributed by atoms with Crippen LogP contribution in [0.1, 0.15) is 2.85 Å². The van der Waals surface area contributed by atoms with Gasteiger partial charge in [0.25, 0.3) is 0 Å². The van der Waals surface area contributed by atoms with Gasteiger partial charge in [0.2, 0.25) is 0 Å².